The van der Waals surface area contributed by atoms with E-state index in [0.29, 0.717) is 32.7 Å². The van der Waals surface area contributed by atoms with Gasteiger partial charge in [-0.2, -0.15) is 0 Å². The molecule has 2 N–H and O–H groups in total. The number of benzene rings is 1. The van der Waals surface area contributed by atoms with Gasteiger partial charge in [-0.1, -0.05) is 37.3 Å². The van der Waals surface area contributed by atoms with Crippen molar-refractivity contribution in [1.82, 2.24) is 10.6 Å². The number of carbonyl (C=O) groups is 2. The van der Waals surface area contributed by atoms with E-state index < -0.39 is 11.8 Å². The number of carbonyl (C=O) groups excluding carboxylic acids is 2. The van der Waals surface area contributed by atoms with Gasteiger partial charge in [-0.25, -0.2) is 0 Å². The van der Waals surface area contributed by atoms with Crippen LogP contribution in [0.15, 0.2) is 30.3 Å². The van der Waals surface area contributed by atoms with Crippen LogP contribution in [-0.4, -0.2) is 38.1 Å². The van der Waals surface area contributed by atoms with Gasteiger partial charge in [0.05, 0.1) is 0 Å². The van der Waals surface area contributed by atoms with E-state index in [0.717, 1.165) is 5.56 Å². The Balaban J connectivity index is 2.22. The average Bonchev–Trinajstić information content (AvgIpc) is 2.52. The van der Waals surface area contributed by atoms with E-state index in [9.17, 15) is 9.59 Å². The Hall–Kier alpha value is -1.88. The second kappa shape index (κ2) is 9.94. The molecule has 1 rings (SSSR count). The van der Waals surface area contributed by atoms with Crippen molar-refractivity contribution >= 4 is 11.8 Å². The zero-order valence-corrected chi connectivity index (χ0v) is 12.7. The Morgan fingerprint density at radius 2 is 1.81 bits per heavy atom. The van der Waals surface area contributed by atoms with Gasteiger partial charge in [-0.3, -0.25) is 9.59 Å². The maximum Gasteiger partial charge on any atom is 0.309 e. The molecule has 0 spiro atoms. The van der Waals surface area contributed by atoms with Crippen molar-refractivity contribution in [2.45, 2.75) is 26.2 Å². The van der Waals surface area contributed by atoms with Crippen molar-refractivity contribution in [3.63, 3.8) is 0 Å². The highest BCUT2D eigenvalue weighted by Crippen LogP contribution is 2.12. The van der Waals surface area contributed by atoms with E-state index in [2.05, 4.69) is 10.6 Å². The first-order valence-corrected chi connectivity index (χ1v) is 7.33. The average molecular weight is 292 g/mol. The van der Waals surface area contributed by atoms with Crippen LogP contribution in [0.25, 0.3) is 0 Å². The Morgan fingerprint density at radius 1 is 1.14 bits per heavy atom. The first-order valence-electron chi connectivity index (χ1n) is 7.33. The van der Waals surface area contributed by atoms with Gasteiger partial charge < -0.3 is 15.4 Å². The topological polar surface area (TPSA) is 67.4 Å². The molecule has 1 atom stereocenters. The quantitative estimate of drug-likeness (QED) is 0.563. The fourth-order valence-corrected chi connectivity index (χ4v) is 1.83. The van der Waals surface area contributed by atoms with E-state index in [1.807, 2.05) is 44.2 Å². The molecule has 116 valence electrons. The van der Waals surface area contributed by atoms with Crippen LogP contribution in [-0.2, 0) is 14.3 Å². The van der Waals surface area contributed by atoms with Crippen LogP contribution in [0.4, 0.5) is 0 Å². The van der Waals surface area contributed by atoms with Crippen LogP contribution in [0.5, 0.6) is 0 Å². The predicted octanol–water partition coefficient (Wildman–Crippen LogP) is 1.45. The lowest BCUT2D eigenvalue weighted by molar-refractivity contribution is -0.139. The first-order chi connectivity index (χ1) is 10.1. The van der Waals surface area contributed by atoms with E-state index >= 15 is 0 Å². The van der Waals surface area contributed by atoms with E-state index in [1.54, 1.807) is 0 Å². The van der Waals surface area contributed by atoms with Gasteiger partial charge in [0.1, 0.15) is 0 Å². The van der Waals surface area contributed by atoms with E-state index in [-0.39, 0.29) is 5.92 Å². The Kier molecular flexibility index (Phi) is 8.12. The molecule has 2 amide bonds. The number of ether oxygens (including phenoxy) is 1. The van der Waals surface area contributed by atoms with Gasteiger partial charge >= 0.3 is 11.8 Å². The largest absolute Gasteiger partial charge is 0.382 e. The molecular formula is C16H24N2O3. The summed E-state index contributed by atoms with van der Waals surface area (Å²) in [5.41, 5.74) is 1.13. The predicted molar refractivity (Wildman–Crippen MR) is 82.0 cm³/mol. The van der Waals surface area contributed by atoms with Crippen LogP contribution in [0, 0.1) is 0 Å². The lowest BCUT2D eigenvalue weighted by Crippen LogP contribution is -2.41. The summed E-state index contributed by atoms with van der Waals surface area (Å²) in [4.78, 5) is 23.2. The highest BCUT2D eigenvalue weighted by Gasteiger charge is 2.14. The molecule has 0 saturated carbocycles. The third-order valence-electron chi connectivity index (χ3n) is 3.10. The lowest BCUT2D eigenvalue weighted by atomic mass is 10.0. The SMILES string of the molecule is CCOCCCNC(=O)C(=O)NC[C@H](C)c1ccccc1. The zero-order valence-electron chi connectivity index (χ0n) is 12.7. The number of amides is 2. The number of nitrogens with one attached hydrogen (secondary N) is 2. The van der Waals surface area contributed by atoms with Gasteiger partial charge in [0, 0.05) is 26.3 Å². The van der Waals surface area contributed by atoms with Gasteiger partial charge in [-0.05, 0) is 24.8 Å². The summed E-state index contributed by atoms with van der Waals surface area (Å²) < 4.78 is 5.15. The molecule has 0 saturated heterocycles. The van der Waals surface area contributed by atoms with Gasteiger partial charge in [0.15, 0.2) is 0 Å². The van der Waals surface area contributed by atoms with Crippen LogP contribution < -0.4 is 10.6 Å². The molecule has 1 aromatic rings. The molecule has 5 nitrogen and oxygen atoms in total. The van der Waals surface area contributed by atoms with E-state index in [1.165, 1.54) is 0 Å². The van der Waals surface area contributed by atoms with Gasteiger partial charge in [0.2, 0.25) is 0 Å². The molecule has 0 aromatic heterocycles. The van der Waals surface area contributed by atoms with Crippen LogP contribution in [0.1, 0.15) is 31.7 Å². The molecule has 0 unspecified atom stereocenters. The molecular weight excluding hydrogens is 268 g/mol. The summed E-state index contributed by atoms with van der Waals surface area (Å²) in [5, 5.41) is 5.22. The molecule has 0 aliphatic carbocycles. The standard InChI is InChI=1S/C16H24N2O3/c1-3-21-11-7-10-17-15(19)16(20)18-12-13(2)14-8-5-4-6-9-14/h4-6,8-9,13H,3,7,10-12H2,1-2H3,(H,17,19)(H,18,20)/t13-/m0/s1. The maximum absolute atomic E-state index is 11.6. The fraction of sp³-hybridized carbons (Fsp3) is 0.500. The molecule has 0 radical (unpaired) electrons. The Bertz CT molecular complexity index is 434. The second-order valence-electron chi connectivity index (χ2n) is 4.83. The third kappa shape index (κ3) is 6.90. The molecule has 0 fully saturated rings. The third-order valence-corrected chi connectivity index (χ3v) is 3.10. The second-order valence-corrected chi connectivity index (χ2v) is 4.83. The highest BCUT2D eigenvalue weighted by atomic mass is 16.5. The number of rotatable bonds is 8. The van der Waals surface area contributed by atoms with Gasteiger partial charge in [-0.15, -0.1) is 0 Å². The summed E-state index contributed by atoms with van der Waals surface area (Å²) in [5.74, 6) is -1.01. The van der Waals surface area contributed by atoms with Crippen molar-refractivity contribution in [3.8, 4) is 0 Å². The minimum absolute atomic E-state index is 0.168. The smallest absolute Gasteiger partial charge is 0.309 e. The fourth-order valence-electron chi connectivity index (χ4n) is 1.83. The van der Waals surface area contributed by atoms with Crippen molar-refractivity contribution in [2.24, 2.45) is 0 Å². The molecule has 5 heteroatoms. The minimum atomic E-state index is -0.591. The molecule has 0 bridgehead atoms. The lowest BCUT2D eigenvalue weighted by Gasteiger charge is -2.13. The normalized spacial score (nSPS) is 11.7. The van der Waals surface area contributed by atoms with Gasteiger partial charge in [0.25, 0.3) is 0 Å². The van der Waals surface area contributed by atoms with Crippen molar-refractivity contribution in [1.29, 1.82) is 0 Å². The van der Waals surface area contributed by atoms with Crippen LogP contribution in [0.2, 0.25) is 0 Å². The van der Waals surface area contributed by atoms with Crippen molar-refractivity contribution in [2.75, 3.05) is 26.3 Å². The van der Waals surface area contributed by atoms with Crippen molar-refractivity contribution < 1.29 is 14.3 Å². The van der Waals surface area contributed by atoms with E-state index in [4.69, 9.17) is 4.74 Å². The zero-order chi connectivity index (χ0) is 15.5. The minimum Gasteiger partial charge on any atom is -0.382 e. The highest BCUT2D eigenvalue weighted by molar-refractivity contribution is 6.35. The molecule has 0 aliphatic heterocycles. The van der Waals surface area contributed by atoms with Crippen LogP contribution >= 0.6 is 0 Å². The molecule has 21 heavy (non-hydrogen) atoms. The molecule has 0 heterocycles. The number of hydrogen-bond donors (Lipinski definition) is 2. The van der Waals surface area contributed by atoms with Crippen molar-refractivity contribution in [3.05, 3.63) is 35.9 Å². The summed E-state index contributed by atoms with van der Waals surface area (Å²) in [7, 11) is 0. The number of hydrogen-bond acceptors (Lipinski definition) is 3. The molecule has 1 aromatic carbocycles. The monoisotopic (exact) mass is 292 g/mol. The summed E-state index contributed by atoms with van der Waals surface area (Å²) in [6.45, 7) is 6.06. The summed E-state index contributed by atoms with van der Waals surface area (Å²) in [6, 6.07) is 9.87. The summed E-state index contributed by atoms with van der Waals surface area (Å²) in [6.07, 6.45) is 0.702. The first kappa shape index (κ1) is 17.2. The summed E-state index contributed by atoms with van der Waals surface area (Å²) >= 11 is 0. The molecule has 0 aliphatic rings. The Morgan fingerprint density at radius 3 is 2.48 bits per heavy atom. The maximum atomic E-state index is 11.6. The Labute approximate surface area is 126 Å². The van der Waals surface area contributed by atoms with Crippen LogP contribution in [0.3, 0.4) is 0 Å².